The molecule has 0 spiro atoms. The molecule has 3 heteroatoms. The second kappa shape index (κ2) is 9.96. The van der Waals surface area contributed by atoms with Crippen molar-refractivity contribution in [2.75, 3.05) is 13.7 Å². The van der Waals surface area contributed by atoms with Crippen LogP contribution in [0.3, 0.4) is 0 Å². The zero-order valence-corrected chi connectivity index (χ0v) is 16.1. The first-order chi connectivity index (χ1) is 13.3. The minimum absolute atomic E-state index is 0.148. The van der Waals surface area contributed by atoms with Gasteiger partial charge in [0.1, 0.15) is 12.4 Å². The van der Waals surface area contributed by atoms with Crippen LogP contribution < -0.4 is 4.74 Å². The lowest BCUT2D eigenvalue weighted by molar-refractivity contribution is -0.140. The van der Waals surface area contributed by atoms with Crippen LogP contribution in [0.5, 0.6) is 5.75 Å². The number of carbonyl (C=O) groups is 1. The Morgan fingerprint density at radius 1 is 0.963 bits per heavy atom. The van der Waals surface area contributed by atoms with Gasteiger partial charge in [-0.1, -0.05) is 42.5 Å². The zero-order chi connectivity index (χ0) is 18.9. The van der Waals surface area contributed by atoms with Crippen molar-refractivity contribution in [2.45, 2.75) is 44.9 Å². The first-order valence-electron chi connectivity index (χ1n) is 9.81. The number of ether oxygens (including phenoxy) is 2. The lowest BCUT2D eigenvalue weighted by Gasteiger charge is -2.21. The van der Waals surface area contributed by atoms with Crippen LogP contribution in [-0.4, -0.2) is 19.7 Å². The molecule has 0 N–H and O–H groups in total. The van der Waals surface area contributed by atoms with Gasteiger partial charge in [-0.2, -0.15) is 0 Å². The summed E-state index contributed by atoms with van der Waals surface area (Å²) in [6.45, 7) is 0.659. The minimum atomic E-state index is -0.148. The summed E-state index contributed by atoms with van der Waals surface area (Å²) in [5.41, 5.74) is 5.43. The van der Waals surface area contributed by atoms with Crippen LogP contribution in [0.25, 0.3) is 5.57 Å². The molecule has 3 nitrogen and oxygen atoms in total. The van der Waals surface area contributed by atoms with Crippen molar-refractivity contribution in [3.05, 3.63) is 71.3 Å². The van der Waals surface area contributed by atoms with Crippen molar-refractivity contribution in [2.24, 2.45) is 0 Å². The highest BCUT2D eigenvalue weighted by Gasteiger charge is 2.14. The van der Waals surface area contributed by atoms with Crippen LogP contribution in [0.4, 0.5) is 0 Å². The molecule has 2 aromatic carbocycles. The molecule has 142 valence electrons. The Bertz CT molecular complexity index is 760. The summed E-state index contributed by atoms with van der Waals surface area (Å²) in [6.07, 6.45) is 6.91. The van der Waals surface area contributed by atoms with E-state index in [0.29, 0.717) is 13.0 Å². The Labute approximate surface area is 162 Å². The molecule has 0 unspecified atom stereocenters. The molecule has 27 heavy (non-hydrogen) atoms. The Morgan fingerprint density at radius 3 is 2.44 bits per heavy atom. The van der Waals surface area contributed by atoms with E-state index in [1.165, 1.54) is 42.2 Å². The van der Waals surface area contributed by atoms with Gasteiger partial charge in [-0.25, -0.2) is 0 Å². The highest BCUT2D eigenvalue weighted by molar-refractivity contribution is 5.70. The number of benzene rings is 2. The molecule has 0 saturated heterocycles. The molecule has 0 aromatic heterocycles. The van der Waals surface area contributed by atoms with Gasteiger partial charge in [0.15, 0.2) is 0 Å². The number of carbonyl (C=O) groups excluding carboxylic acids is 1. The topological polar surface area (TPSA) is 35.5 Å². The van der Waals surface area contributed by atoms with Crippen LogP contribution in [0, 0.1) is 0 Å². The van der Waals surface area contributed by atoms with Crippen molar-refractivity contribution in [1.82, 2.24) is 0 Å². The quantitative estimate of drug-likeness (QED) is 0.573. The second-order valence-corrected chi connectivity index (χ2v) is 7.02. The molecule has 3 rings (SSSR count). The molecule has 0 fully saturated rings. The SMILES string of the molecule is COC(=O)CCCc1ccc(OCC2=C(c3ccccc3)CCCC2)cc1. The van der Waals surface area contributed by atoms with Crippen molar-refractivity contribution in [3.8, 4) is 5.75 Å². The zero-order valence-electron chi connectivity index (χ0n) is 16.1. The van der Waals surface area contributed by atoms with Crippen LogP contribution >= 0.6 is 0 Å². The molecular formula is C24H28O3. The van der Waals surface area contributed by atoms with Gasteiger partial charge in [-0.3, -0.25) is 4.79 Å². The first-order valence-corrected chi connectivity index (χ1v) is 9.81. The summed E-state index contributed by atoms with van der Waals surface area (Å²) in [5, 5.41) is 0. The number of rotatable bonds is 8. The average Bonchev–Trinajstić information content (AvgIpc) is 2.74. The van der Waals surface area contributed by atoms with E-state index < -0.39 is 0 Å². The van der Waals surface area contributed by atoms with E-state index in [-0.39, 0.29) is 5.97 Å². The highest BCUT2D eigenvalue weighted by atomic mass is 16.5. The Hall–Kier alpha value is -2.55. The lowest BCUT2D eigenvalue weighted by atomic mass is 9.88. The number of allylic oxidation sites excluding steroid dienone is 1. The van der Waals surface area contributed by atoms with E-state index in [0.717, 1.165) is 31.4 Å². The molecule has 0 bridgehead atoms. The van der Waals surface area contributed by atoms with Gasteiger partial charge in [0.25, 0.3) is 0 Å². The summed E-state index contributed by atoms with van der Waals surface area (Å²) in [5.74, 6) is 0.752. The maximum absolute atomic E-state index is 11.2. The minimum Gasteiger partial charge on any atom is -0.489 e. The van der Waals surface area contributed by atoms with Gasteiger partial charge in [0.05, 0.1) is 7.11 Å². The van der Waals surface area contributed by atoms with Crippen molar-refractivity contribution < 1.29 is 14.3 Å². The largest absolute Gasteiger partial charge is 0.489 e. The molecule has 1 aliphatic carbocycles. The van der Waals surface area contributed by atoms with Crippen LogP contribution in [0.2, 0.25) is 0 Å². The summed E-state index contributed by atoms with van der Waals surface area (Å²) in [4.78, 5) is 11.2. The van der Waals surface area contributed by atoms with Gasteiger partial charge >= 0.3 is 5.97 Å². The summed E-state index contributed by atoms with van der Waals surface area (Å²) in [7, 11) is 1.43. The smallest absolute Gasteiger partial charge is 0.305 e. The van der Waals surface area contributed by atoms with Gasteiger partial charge in [0, 0.05) is 6.42 Å². The number of methoxy groups -OCH3 is 1. The summed E-state index contributed by atoms with van der Waals surface area (Å²) in [6, 6.07) is 18.9. The molecular weight excluding hydrogens is 336 g/mol. The normalized spacial score (nSPS) is 14.1. The average molecular weight is 364 g/mol. The standard InChI is InChI=1S/C24H28O3/c1-26-24(25)13-7-8-19-14-16-22(17-15-19)27-18-21-11-5-6-12-23(21)20-9-3-2-4-10-20/h2-4,9-10,14-17H,5-8,11-13,18H2,1H3. The third-order valence-corrected chi connectivity index (χ3v) is 5.11. The van der Waals surface area contributed by atoms with E-state index in [2.05, 4.69) is 47.2 Å². The first kappa shape index (κ1) is 19.2. The molecule has 0 amide bonds. The van der Waals surface area contributed by atoms with Crippen LogP contribution in [-0.2, 0) is 16.0 Å². The number of hydrogen-bond acceptors (Lipinski definition) is 3. The molecule has 0 heterocycles. The number of aryl methyl sites for hydroxylation is 1. The van der Waals surface area contributed by atoms with E-state index >= 15 is 0 Å². The van der Waals surface area contributed by atoms with E-state index in [1.807, 2.05) is 12.1 Å². The fraction of sp³-hybridized carbons (Fsp3) is 0.375. The van der Waals surface area contributed by atoms with Crippen LogP contribution in [0.15, 0.2) is 60.2 Å². The van der Waals surface area contributed by atoms with E-state index in [1.54, 1.807) is 0 Å². The lowest BCUT2D eigenvalue weighted by Crippen LogP contribution is -2.08. The van der Waals surface area contributed by atoms with Gasteiger partial charge in [-0.15, -0.1) is 0 Å². The van der Waals surface area contributed by atoms with E-state index in [9.17, 15) is 4.79 Å². The number of hydrogen-bond donors (Lipinski definition) is 0. The number of esters is 1. The second-order valence-electron chi connectivity index (χ2n) is 7.02. The maximum atomic E-state index is 11.2. The summed E-state index contributed by atoms with van der Waals surface area (Å²) >= 11 is 0. The maximum Gasteiger partial charge on any atom is 0.305 e. The Balaban J connectivity index is 1.57. The van der Waals surface area contributed by atoms with Crippen molar-refractivity contribution in [3.63, 3.8) is 0 Å². The van der Waals surface area contributed by atoms with Crippen molar-refractivity contribution >= 4 is 11.5 Å². The molecule has 2 aromatic rings. The Kier molecular flexibility index (Phi) is 7.09. The third kappa shape index (κ3) is 5.72. The molecule has 0 aliphatic heterocycles. The predicted molar refractivity (Wildman–Crippen MR) is 109 cm³/mol. The van der Waals surface area contributed by atoms with E-state index in [4.69, 9.17) is 4.74 Å². The van der Waals surface area contributed by atoms with Gasteiger partial charge in [0.2, 0.25) is 0 Å². The molecule has 0 saturated carbocycles. The third-order valence-electron chi connectivity index (χ3n) is 5.11. The summed E-state index contributed by atoms with van der Waals surface area (Å²) < 4.78 is 10.8. The molecule has 0 atom stereocenters. The van der Waals surface area contributed by atoms with Crippen molar-refractivity contribution in [1.29, 1.82) is 0 Å². The van der Waals surface area contributed by atoms with Gasteiger partial charge < -0.3 is 9.47 Å². The highest BCUT2D eigenvalue weighted by Crippen LogP contribution is 2.32. The monoisotopic (exact) mass is 364 g/mol. The Morgan fingerprint density at radius 2 is 1.70 bits per heavy atom. The molecule has 1 aliphatic rings. The fourth-order valence-corrected chi connectivity index (χ4v) is 3.58. The van der Waals surface area contributed by atoms with Gasteiger partial charge in [-0.05, 0) is 72.9 Å². The predicted octanol–water partition coefficient (Wildman–Crippen LogP) is 5.59. The van der Waals surface area contributed by atoms with Crippen LogP contribution in [0.1, 0.15) is 49.7 Å². The molecule has 0 radical (unpaired) electrons. The fourth-order valence-electron chi connectivity index (χ4n) is 3.58.